The lowest BCUT2D eigenvalue weighted by atomic mass is 10.2. The van der Waals surface area contributed by atoms with Crippen molar-refractivity contribution in [1.29, 1.82) is 0 Å². The number of rotatable bonds is 2. The summed E-state index contributed by atoms with van der Waals surface area (Å²) < 4.78 is 10.1. The summed E-state index contributed by atoms with van der Waals surface area (Å²) in [7, 11) is 3.08. The van der Waals surface area contributed by atoms with Crippen molar-refractivity contribution in [2.75, 3.05) is 14.2 Å². The van der Waals surface area contributed by atoms with Crippen LogP contribution in [0, 0.1) is 6.92 Å². The molecule has 0 saturated heterocycles. The molecule has 1 aromatic carbocycles. The van der Waals surface area contributed by atoms with Crippen molar-refractivity contribution in [3.8, 4) is 11.5 Å². The molecule has 0 aliphatic rings. The summed E-state index contributed by atoms with van der Waals surface area (Å²) in [6.45, 7) is 1.83. The zero-order chi connectivity index (χ0) is 10.0. The number of methoxy groups -OCH3 is 2. The number of halogens is 2. The van der Waals surface area contributed by atoms with Gasteiger partial charge in [0.1, 0.15) is 0 Å². The van der Waals surface area contributed by atoms with Crippen molar-refractivity contribution in [2.24, 2.45) is 0 Å². The van der Waals surface area contributed by atoms with Gasteiger partial charge in [0.25, 0.3) is 0 Å². The Morgan fingerprint density at radius 1 is 1.15 bits per heavy atom. The molecule has 0 radical (unpaired) electrons. The van der Waals surface area contributed by atoms with E-state index in [0.29, 0.717) is 21.5 Å². The number of hydrogen-bond acceptors (Lipinski definition) is 2. The summed E-state index contributed by atoms with van der Waals surface area (Å²) in [5.74, 6) is 1.06. The largest absolute Gasteiger partial charge is 0.493 e. The zero-order valence-electron chi connectivity index (χ0n) is 7.65. The van der Waals surface area contributed by atoms with Crippen molar-refractivity contribution >= 4 is 23.2 Å². The first-order valence-electron chi connectivity index (χ1n) is 3.68. The van der Waals surface area contributed by atoms with E-state index in [1.165, 1.54) is 7.11 Å². The van der Waals surface area contributed by atoms with Gasteiger partial charge in [-0.3, -0.25) is 0 Å². The highest BCUT2D eigenvalue weighted by atomic mass is 35.5. The highest BCUT2D eigenvalue weighted by Gasteiger charge is 2.13. The highest BCUT2D eigenvalue weighted by Crippen LogP contribution is 2.40. The molecule has 0 heterocycles. The summed E-state index contributed by atoms with van der Waals surface area (Å²) >= 11 is 11.9. The molecule has 0 N–H and O–H groups in total. The Bertz CT molecular complexity index is 324. The van der Waals surface area contributed by atoms with Crippen molar-refractivity contribution in [3.05, 3.63) is 21.7 Å². The molecule has 1 aromatic rings. The second kappa shape index (κ2) is 4.07. The van der Waals surface area contributed by atoms with E-state index in [1.54, 1.807) is 13.2 Å². The van der Waals surface area contributed by atoms with Crippen molar-refractivity contribution < 1.29 is 9.47 Å². The Kier molecular flexibility index (Phi) is 3.28. The summed E-state index contributed by atoms with van der Waals surface area (Å²) in [6, 6.07) is 1.68. The quantitative estimate of drug-likeness (QED) is 0.762. The van der Waals surface area contributed by atoms with E-state index in [9.17, 15) is 0 Å². The Morgan fingerprint density at radius 2 is 1.77 bits per heavy atom. The third kappa shape index (κ3) is 1.84. The number of benzene rings is 1. The third-order valence-corrected chi connectivity index (χ3v) is 2.64. The molecule has 0 aliphatic carbocycles. The fourth-order valence-corrected chi connectivity index (χ4v) is 1.53. The van der Waals surface area contributed by atoms with Gasteiger partial charge in [-0.25, -0.2) is 0 Å². The van der Waals surface area contributed by atoms with Gasteiger partial charge >= 0.3 is 0 Å². The van der Waals surface area contributed by atoms with Crippen LogP contribution in [-0.2, 0) is 0 Å². The summed E-state index contributed by atoms with van der Waals surface area (Å²) in [4.78, 5) is 0. The SMILES string of the molecule is COc1cc(Cl)c(C)c(Cl)c1OC. The molecule has 0 fully saturated rings. The first-order chi connectivity index (χ1) is 6.11. The summed E-state index contributed by atoms with van der Waals surface area (Å²) in [5, 5.41) is 1.06. The molecule has 4 heteroatoms. The Hall–Kier alpha value is -0.600. The van der Waals surface area contributed by atoms with Gasteiger partial charge in [0.05, 0.1) is 19.2 Å². The fourth-order valence-electron chi connectivity index (χ4n) is 1.01. The third-order valence-electron chi connectivity index (χ3n) is 1.79. The minimum Gasteiger partial charge on any atom is -0.493 e. The van der Waals surface area contributed by atoms with Gasteiger partial charge in [0.2, 0.25) is 0 Å². The van der Waals surface area contributed by atoms with Crippen molar-refractivity contribution in [3.63, 3.8) is 0 Å². The minimum atomic E-state index is 0.492. The predicted molar refractivity (Wildman–Crippen MR) is 54.3 cm³/mol. The molecule has 0 atom stereocenters. The Labute approximate surface area is 87.4 Å². The van der Waals surface area contributed by atoms with Crippen LogP contribution in [0.2, 0.25) is 10.0 Å². The maximum Gasteiger partial charge on any atom is 0.179 e. The normalized spacial score (nSPS) is 9.92. The van der Waals surface area contributed by atoms with E-state index in [0.717, 1.165) is 5.56 Å². The summed E-state index contributed by atoms with van der Waals surface area (Å²) in [6.07, 6.45) is 0. The van der Waals surface area contributed by atoms with E-state index >= 15 is 0 Å². The van der Waals surface area contributed by atoms with Crippen LogP contribution in [0.15, 0.2) is 6.07 Å². The lowest BCUT2D eigenvalue weighted by Gasteiger charge is -2.11. The lowest BCUT2D eigenvalue weighted by Crippen LogP contribution is -1.93. The Morgan fingerprint density at radius 3 is 2.23 bits per heavy atom. The van der Waals surface area contributed by atoms with E-state index in [-0.39, 0.29) is 0 Å². The van der Waals surface area contributed by atoms with Crippen LogP contribution < -0.4 is 9.47 Å². The van der Waals surface area contributed by atoms with Gasteiger partial charge in [-0.2, -0.15) is 0 Å². The standard InChI is InChI=1S/C9H10Cl2O2/c1-5-6(10)4-7(12-2)9(13-3)8(5)11/h4H,1-3H3. The van der Waals surface area contributed by atoms with E-state index in [1.807, 2.05) is 6.92 Å². The number of ether oxygens (including phenoxy) is 2. The van der Waals surface area contributed by atoms with E-state index in [4.69, 9.17) is 32.7 Å². The molecule has 0 unspecified atom stereocenters. The Balaban J connectivity index is 3.39. The topological polar surface area (TPSA) is 18.5 Å². The molecule has 0 bridgehead atoms. The molecule has 0 saturated carbocycles. The van der Waals surface area contributed by atoms with E-state index < -0.39 is 0 Å². The van der Waals surface area contributed by atoms with Crippen LogP contribution in [0.25, 0.3) is 0 Å². The minimum absolute atomic E-state index is 0.492. The molecule has 2 nitrogen and oxygen atoms in total. The maximum absolute atomic E-state index is 5.99. The van der Waals surface area contributed by atoms with Crippen LogP contribution in [0.4, 0.5) is 0 Å². The molecule has 13 heavy (non-hydrogen) atoms. The van der Waals surface area contributed by atoms with Crippen LogP contribution in [-0.4, -0.2) is 14.2 Å². The van der Waals surface area contributed by atoms with Crippen LogP contribution >= 0.6 is 23.2 Å². The average Bonchev–Trinajstić information content (AvgIpc) is 2.13. The molecular formula is C9H10Cl2O2. The van der Waals surface area contributed by atoms with Crippen LogP contribution in [0.1, 0.15) is 5.56 Å². The molecule has 0 amide bonds. The van der Waals surface area contributed by atoms with Gasteiger partial charge in [-0.05, 0) is 12.5 Å². The highest BCUT2D eigenvalue weighted by molar-refractivity contribution is 6.37. The maximum atomic E-state index is 5.99. The molecule has 0 spiro atoms. The van der Waals surface area contributed by atoms with Gasteiger partial charge in [0, 0.05) is 11.1 Å². The smallest absolute Gasteiger partial charge is 0.179 e. The molecule has 1 rings (SSSR count). The average molecular weight is 221 g/mol. The fraction of sp³-hybridized carbons (Fsp3) is 0.333. The van der Waals surface area contributed by atoms with Crippen molar-refractivity contribution in [2.45, 2.75) is 6.92 Å². The predicted octanol–water partition coefficient (Wildman–Crippen LogP) is 3.32. The van der Waals surface area contributed by atoms with Crippen LogP contribution in [0.5, 0.6) is 11.5 Å². The first-order valence-corrected chi connectivity index (χ1v) is 4.44. The van der Waals surface area contributed by atoms with Crippen molar-refractivity contribution in [1.82, 2.24) is 0 Å². The lowest BCUT2D eigenvalue weighted by molar-refractivity contribution is 0.355. The molecule has 0 aliphatic heterocycles. The second-order valence-corrected chi connectivity index (χ2v) is 3.32. The van der Waals surface area contributed by atoms with Crippen LogP contribution in [0.3, 0.4) is 0 Å². The van der Waals surface area contributed by atoms with Gasteiger partial charge < -0.3 is 9.47 Å². The first kappa shape index (κ1) is 10.5. The summed E-state index contributed by atoms with van der Waals surface area (Å²) in [5.41, 5.74) is 0.793. The molecule has 0 aromatic heterocycles. The second-order valence-electron chi connectivity index (χ2n) is 2.53. The monoisotopic (exact) mass is 220 g/mol. The molecular weight excluding hydrogens is 211 g/mol. The zero-order valence-corrected chi connectivity index (χ0v) is 9.16. The van der Waals surface area contributed by atoms with Gasteiger partial charge in [-0.15, -0.1) is 0 Å². The van der Waals surface area contributed by atoms with Gasteiger partial charge in [0.15, 0.2) is 11.5 Å². The number of hydrogen-bond donors (Lipinski definition) is 0. The van der Waals surface area contributed by atoms with Gasteiger partial charge in [-0.1, -0.05) is 23.2 Å². The molecule has 72 valence electrons. The van der Waals surface area contributed by atoms with E-state index in [2.05, 4.69) is 0 Å².